The molecule has 1 aromatic rings. The number of ketones is 1. The lowest BCUT2D eigenvalue weighted by Gasteiger charge is -2.12. The minimum Gasteiger partial charge on any atom is -0.493 e. The molecule has 1 aromatic carbocycles. The number of carbonyl (C=O) groups excluding carboxylic acids is 1. The second-order valence-electron chi connectivity index (χ2n) is 5.15. The van der Waals surface area contributed by atoms with Crippen LogP contribution in [0.5, 0.6) is 5.75 Å². The third kappa shape index (κ3) is 2.47. The summed E-state index contributed by atoms with van der Waals surface area (Å²) in [5, 5.41) is 0. The zero-order chi connectivity index (χ0) is 12.4. The normalized spacial score (nSPS) is 18.2. The van der Waals surface area contributed by atoms with Crippen molar-refractivity contribution in [1.29, 1.82) is 0 Å². The molecule has 0 amide bonds. The lowest BCUT2D eigenvalue weighted by Crippen LogP contribution is -2.04. The minimum absolute atomic E-state index is 0.383. The maximum atomic E-state index is 11.2. The van der Waals surface area contributed by atoms with Crippen LogP contribution >= 0.6 is 0 Å². The van der Waals surface area contributed by atoms with Crippen LogP contribution in [-0.2, 0) is 17.6 Å². The van der Waals surface area contributed by atoms with Crippen LogP contribution < -0.4 is 4.74 Å². The van der Waals surface area contributed by atoms with E-state index in [1.807, 2.05) is 0 Å². The van der Waals surface area contributed by atoms with Crippen molar-refractivity contribution in [2.45, 2.75) is 38.5 Å². The van der Waals surface area contributed by atoms with Gasteiger partial charge in [-0.1, -0.05) is 23.8 Å². The summed E-state index contributed by atoms with van der Waals surface area (Å²) in [6.45, 7) is 0.825. The van der Waals surface area contributed by atoms with E-state index in [0.717, 1.165) is 44.5 Å². The Morgan fingerprint density at radius 1 is 1.11 bits per heavy atom. The molecule has 1 heterocycles. The smallest absolute Gasteiger partial charge is 0.136 e. The monoisotopic (exact) mass is 242 g/mol. The predicted molar refractivity (Wildman–Crippen MR) is 70.9 cm³/mol. The lowest BCUT2D eigenvalue weighted by molar-refractivity contribution is -0.118. The molecule has 94 valence electrons. The Morgan fingerprint density at radius 2 is 2.06 bits per heavy atom. The Kier molecular flexibility index (Phi) is 3.18. The summed E-state index contributed by atoms with van der Waals surface area (Å²) in [4.78, 5) is 11.2. The van der Waals surface area contributed by atoms with Crippen LogP contribution in [0.4, 0.5) is 0 Å². The number of rotatable bonds is 3. The number of fused-ring (bicyclic) bond motifs is 1. The van der Waals surface area contributed by atoms with Crippen molar-refractivity contribution in [2.24, 2.45) is 0 Å². The standard InChI is InChI=1S/C16H18O2/c17-15-6-3-12(4-7-15)1-2-13-5-8-16-14(11-13)9-10-18-16/h3,5,8,11H,1-2,4,6-7,9-10H2. The van der Waals surface area contributed by atoms with Crippen LogP contribution in [0.25, 0.3) is 0 Å². The molecule has 0 radical (unpaired) electrons. The minimum atomic E-state index is 0.383. The summed E-state index contributed by atoms with van der Waals surface area (Å²) < 4.78 is 5.51. The number of benzene rings is 1. The Labute approximate surface area is 108 Å². The van der Waals surface area contributed by atoms with E-state index >= 15 is 0 Å². The van der Waals surface area contributed by atoms with E-state index < -0.39 is 0 Å². The summed E-state index contributed by atoms with van der Waals surface area (Å²) in [6, 6.07) is 6.53. The van der Waals surface area contributed by atoms with Gasteiger partial charge in [0.2, 0.25) is 0 Å². The van der Waals surface area contributed by atoms with Crippen LogP contribution in [0, 0.1) is 0 Å². The highest BCUT2D eigenvalue weighted by molar-refractivity contribution is 5.81. The van der Waals surface area contributed by atoms with Gasteiger partial charge in [-0.15, -0.1) is 0 Å². The summed E-state index contributed by atoms with van der Waals surface area (Å²) in [6.07, 6.45) is 7.69. The highest BCUT2D eigenvalue weighted by Crippen LogP contribution is 2.27. The molecule has 0 fully saturated rings. The van der Waals surface area contributed by atoms with Crippen molar-refractivity contribution in [3.05, 3.63) is 41.0 Å². The molecule has 0 saturated carbocycles. The first-order chi connectivity index (χ1) is 8.81. The van der Waals surface area contributed by atoms with E-state index in [9.17, 15) is 4.79 Å². The van der Waals surface area contributed by atoms with Gasteiger partial charge in [-0.05, 0) is 36.5 Å². The third-order valence-corrected chi connectivity index (χ3v) is 3.83. The molecule has 0 unspecified atom stereocenters. The van der Waals surface area contributed by atoms with Gasteiger partial charge in [-0.25, -0.2) is 0 Å². The molecule has 18 heavy (non-hydrogen) atoms. The fraction of sp³-hybridized carbons (Fsp3) is 0.438. The van der Waals surface area contributed by atoms with Gasteiger partial charge in [0.25, 0.3) is 0 Å². The van der Waals surface area contributed by atoms with Crippen molar-refractivity contribution in [1.82, 2.24) is 0 Å². The highest BCUT2D eigenvalue weighted by Gasteiger charge is 2.13. The molecule has 0 saturated heterocycles. The van der Waals surface area contributed by atoms with E-state index in [4.69, 9.17) is 4.74 Å². The molecule has 0 aromatic heterocycles. The van der Waals surface area contributed by atoms with E-state index in [1.54, 1.807) is 0 Å². The molecular weight excluding hydrogens is 224 g/mol. The van der Waals surface area contributed by atoms with Crippen LogP contribution in [0.15, 0.2) is 29.8 Å². The maximum Gasteiger partial charge on any atom is 0.136 e. The summed E-state index contributed by atoms with van der Waals surface area (Å²) >= 11 is 0. The molecule has 0 bridgehead atoms. The number of carbonyl (C=O) groups is 1. The molecule has 3 rings (SSSR count). The Balaban J connectivity index is 1.62. The number of hydrogen-bond acceptors (Lipinski definition) is 2. The quantitative estimate of drug-likeness (QED) is 0.761. The third-order valence-electron chi connectivity index (χ3n) is 3.83. The number of Topliss-reactive ketones (excluding diaryl/α,β-unsaturated/α-hetero) is 1. The van der Waals surface area contributed by atoms with Gasteiger partial charge in [0.05, 0.1) is 6.61 Å². The van der Waals surface area contributed by atoms with Crippen LogP contribution in [0.2, 0.25) is 0 Å². The molecular formula is C16H18O2. The maximum absolute atomic E-state index is 11.2. The average Bonchev–Trinajstić information content (AvgIpc) is 2.85. The van der Waals surface area contributed by atoms with Crippen molar-refractivity contribution < 1.29 is 9.53 Å². The lowest BCUT2D eigenvalue weighted by atomic mass is 9.93. The van der Waals surface area contributed by atoms with Crippen molar-refractivity contribution in [3.8, 4) is 5.75 Å². The summed E-state index contributed by atoms with van der Waals surface area (Å²) in [5.74, 6) is 1.44. The first-order valence-electron chi connectivity index (χ1n) is 6.75. The first-order valence-corrected chi connectivity index (χ1v) is 6.75. The number of aryl methyl sites for hydroxylation is 1. The zero-order valence-corrected chi connectivity index (χ0v) is 10.6. The number of allylic oxidation sites excluding steroid dienone is 2. The van der Waals surface area contributed by atoms with E-state index in [0.29, 0.717) is 12.2 Å². The number of ether oxygens (including phenoxy) is 1. The highest BCUT2D eigenvalue weighted by atomic mass is 16.5. The first kappa shape index (κ1) is 11.5. The predicted octanol–water partition coefficient (Wildman–Crippen LogP) is 3.23. The zero-order valence-electron chi connectivity index (χ0n) is 10.6. The Morgan fingerprint density at radius 3 is 2.89 bits per heavy atom. The van der Waals surface area contributed by atoms with Gasteiger partial charge in [-0.3, -0.25) is 4.79 Å². The van der Waals surface area contributed by atoms with Crippen LogP contribution in [0.3, 0.4) is 0 Å². The van der Waals surface area contributed by atoms with Gasteiger partial charge in [0.15, 0.2) is 0 Å². The van der Waals surface area contributed by atoms with Crippen molar-refractivity contribution in [3.63, 3.8) is 0 Å². The molecule has 1 aliphatic heterocycles. The van der Waals surface area contributed by atoms with Gasteiger partial charge >= 0.3 is 0 Å². The van der Waals surface area contributed by atoms with Gasteiger partial charge in [0.1, 0.15) is 11.5 Å². The van der Waals surface area contributed by atoms with Gasteiger partial charge in [0, 0.05) is 19.3 Å². The largest absolute Gasteiger partial charge is 0.493 e. The van der Waals surface area contributed by atoms with Gasteiger partial charge in [-0.2, -0.15) is 0 Å². The molecule has 2 nitrogen and oxygen atoms in total. The van der Waals surface area contributed by atoms with Crippen LogP contribution in [-0.4, -0.2) is 12.4 Å². The van der Waals surface area contributed by atoms with E-state index in [2.05, 4.69) is 24.3 Å². The van der Waals surface area contributed by atoms with Crippen molar-refractivity contribution >= 4 is 5.78 Å². The molecule has 2 aliphatic rings. The van der Waals surface area contributed by atoms with Gasteiger partial charge < -0.3 is 4.74 Å². The molecule has 1 aliphatic carbocycles. The second-order valence-corrected chi connectivity index (χ2v) is 5.15. The fourth-order valence-electron chi connectivity index (χ4n) is 2.69. The van der Waals surface area contributed by atoms with Crippen LogP contribution in [0.1, 0.15) is 36.8 Å². The SMILES string of the molecule is O=C1CC=C(CCc2ccc3c(c2)CCO3)CC1. The number of hydrogen-bond donors (Lipinski definition) is 0. The Hall–Kier alpha value is -1.57. The topological polar surface area (TPSA) is 26.3 Å². The van der Waals surface area contributed by atoms with Crippen molar-refractivity contribution in [2.75, 3.05) is 6.61 Å². The summed E-state index contributed by atoms with van der Waals surface area (Å²) in [7, 11) is 0. The molecule has 2 heteroatoms. The molecule has 0 atom stereocenters. The molecule has 0 N–H and O–H groups in total. The molecule has 0 spiro atoms. The van der Waals surface area contributed by atoms with E-state index in [1.165, 1.54) is 16.7 Å². The summed E-state index contributed by atoms with van der Waals surface area (Å²) in [5.41, 5.74) is 4.18. The van der Waals surface area contributed by atoms with E-state index in [-0.39, 0.29) is 0 Å². The average molecular weight is 242 g/mol. The Bertz CT molecular complexity index is 500. The fourth-order valence-corrected chi connectivity index (χ4v) is 2.69. The second kappa shape index (κ2) is 4.97.